The average Bonchev–Trinajstić information content (AvgIpc) is 2.76. The van der Waals surface area contributed by atoms with Crippen molar-refractivity contribution in [1.29, 1.82) is 0 Å². The number of hydrogen-bond acceptors (Lipinski definition) is 3. The van der Waals surface area contributed by atoms with E-state index in [9.17, 15) is 9.36 Å². The highest BCUT2D eigenvalue weighted by Gasteiger charge is 2.18. The van der Waals surface area contributed by atoms with E-state index in [-0.39, 0.29) is 5.91 Å². The largest absolute Gasteiger partial charge is 0.434 e. The molecule has 0 radical (unpaired) electrons. The van der Waals surface area contributed by atoms with E-state index in [2.05, 4.69) is 4.52 Å². The summed E-state index contributed by atoms with van der Waals surface area (Å²) >= 11 is 0. The molecule has 1 N–H and O–H groups in total. The number of rotatable bonds is 4. The van der Waals surface area contributed by atoms with Crippen molar-refractivity contribution in [1.82, 2.24) is 4.90 Å². The van der Waals surface area contributed by atoms with E-state index in [0.717, 1.165) is 32.2 Å². The Labute approximate surface area is 95.3 Å². The summed E-state index contributed by atoms with van der Waals surface area (Å²) in [6, 6.07) is 0. The van der Waals surface area contributed by atoms with Crippen LogP contribution in [0.3, 0.4) is 0 Å². The van der Waals surface area contributed by atoms with E-state index >= 15 is 0 Å². The first-order chi connectivity index (χ1) is 7.61. The molecule has 90 valence electrons. The van der Waals surface area contributed by atoms with Gasteiger partial charge in [-0.15, -0.1) is 0 Å². The predicted octanol–water partition coefficient (Wildman–Crippen LogP) is 1.47. The molecule has 1 heterocycles. The van der Waals surface area contributed by atoms with Crippen LogP contribution in [0.5, 0.6) is 0 Å². The van der Waals surface area contributed by atoms with E-state index in [1.54, 1.807) is 17.9 Å². The van der Waals surface area contributed by atoms with Crippen molar-refractivity contribution in [2.24, 2.45) is 0 Å². The molecular weight excluding hydrogens is 229 g/mol. The maximum Gasteiger partial charge on any atom is 0.364 e. The van der Waals surface area contributed by atoms with Gasteiger partial charge in [0.1, 0.15) is 0 Å². The highest BCUT2D eigenvalue weighted by atomic mass is 31.1. The maximum absolute atomic E-state index is 11.8. The van der Waals surface area contributed by atoms with Crippen LogP contribution in [0.4, 0.5) is 0 Å². The van der Waals surface area contributed by atoms with Crippen LogP contribution >= 0.6 is 8.25 Å². The van der Waals surface area contributed by atoms with E-state index in [1.165, 1.54) is 6.08 Å². The molecular formula is C10H16NO4P. The van der Waals surface area contributed by atoms with Crippen LogP contribution in [-0.2, 0) is 13.9 Å². The Balaban J connectivity index is 2.45. The fourth-order valence-corrected chi connectivity index (χ4v) is 1.72. The van der Waals surface area contributed by atoms with Gasteiger partial charge in [0.2, 0.25) is 5.91 Å². The fraction of sp³-hybridized carbons (Fsp3) is 0.500. The Morgan fingerprint density at radius 3 is 2.62 bits per heavy atom. The monoisotopic (exact) mass is 245 g/mol. The molecule has 0 aliphatic carbocycles. The summed E-state index contributed by atoms with van der Waals surface area (Å²) in [5.41, 5.74) is 0.597. The molecule has 1 saturated heterocycles. The van der Waals surface area contributed by atoms with Gasteiger partial charge >= 0.3 is 8.25 Å². The number of carbonyl (C=O) groups is 1. The minimum Gasteiger partial charge on any atom is -0.434 e. The van der Waals surface area contributed by atoms with Crippen LogP contribution < -0.4 is 0 Å². The van der Waals surface area contributed by atoms with Crippen LogP contribution in [0.2, 0.25) is 0 Å². The summed E-state index contributed by atoms with van der Waals surface area (Å²) in [6.45, 7) is 3.34. The number of allylic oxidation sites excluding steroid dienone is 2. The van der Waals surface area contributed by atoms with Crippen molar-refractivity contribution in [3.63, 3.8) is 0 Å². The van der Waals surface area contributed by atoms with Gasteiger partial charge < -0.3 is 14.3 Å². The lowest BCUT2D eigenvalue weighted by atomic mass is 10.2. The van der Waals surface area contributed by atoms with Gasteiger partial charge in [0.25, 0.3) is 0 Å². The van der Waals surface area contributed by atoms with Crippen molar-refractivity contribution < 1.29 is 18.8 Å². The highest BCUT2D eigenvalue weighted by molar-refractivity contribution is 7.32. The molecule has 0 aromatic rings. The average molecular weight is 245 g/mol. The second kappa shape index (κ2) is 6.51. The number of hydrogen-bond donors (Lipinski definition) is 1. The second-order valence-electron chi connectivity index (χ2n) is 3.56. The van der Waals surface area contributed by atoms with Crippen LogP contribution in [0.25, 0.3) is 0 Å². The number of amides is 1. The quantitative estimate of drug-likeness (QED) is 0.352. The van der Waals surface area contributed by atoms with Gasteiger partial charge in [-0.05, 0) is 25.8 Å². The molecule has 0 bridgehead atoms. The summed E-state index contributed by atoms with van der Waals surface area (Å²) in [6.07, 6.45) is 6.25. The number of carbonyl (C=O) groups excluding carboxylic acids is 1. The summed E-state index contributed by atoms with van der Waals surface area (Å²) in [7, 11) is -2.93. The molecule has 6 heteroatoms. The van der Waals surface area contributed by atoms with Gasteiger partial charge in [0, 0.05) is 18.7 Å². The standard InChI is InChI=1S/C10H16NO4P/c1-9(5-4-8-15-16(13)14)10(12)11-6-2-3-7-11/h4-5,8,16H,2-3,6-7H2,1H3,(H,13,14)/b8-4+,9-5-. The molecule has 1 atom stereocenters. The van der Waals surface area contributed by atoms with Crippen LogP contribution in [0.1, 0.15) is 19.8 Å². The first kappa shape index (κ1) is 13.0. The molecule has 1 unspecified atom stereocenters. The zero-order valence-electron chi connectivity index (χ0n) is 9.18. The number of nitrogens with zero attached hydrogens (tertiary/aromatic N) is 1. The van der Waals surface area contributed by atoms with Gasteiger partial charge in [-0.2, -0.15) is 0 Å². The van der Waals surface area contributed by atoms with E-state index < -0.39 is 8.25 Å². The van der Waals surface area contributed by atoms with Crippen molar-refractivity contribution >= 4 is 14.2 Å². The summed E-state index contributed by atoms with van der Waals surface area (Å²) < 4.78 is 14.6. The van der Waals surface area contributed by atoms with Crippen LogP contribution in [0, 0.1) is 0 Å². The van der Waals surface area contributed by atoms with Crippen LogP contribution in [-0.4, -0.2) is 28.8 Å². The molecule has 5 nitrogen and oxygen atoms in total. The lowest BCUT2D eigenvalue weighted by Crippen LogP contribution is -2.28. The molecule has 0 spiro atoms. The Bertz CT molecular complexity index is 332. The normalized spacial score (nSPS) is 19.1. The minimum atomic E-state index is -2.93. The smallest absolute Gasteiger partial charge is 0.364 e. The molecule has 1 aliphatic rings. The van der Waals surface area contributed by atoms with E-state index in [4.69, 9.17) is 4.89 Å². The van der Waals surface area contributed by atoms with Gasteiger partial charge in [0.15, 0.2) is 0 Å². The Morgan fingerprint density at radius 2 is 2.06 bits per heavy atom. The second-order valence-corrected chi connectivity index (χ2v) is 4.33. The maximum atomic E-state index is 11.8. The van der Waals surface area contributed by atoms with Crippen molar-refractivity contribution in [2.75, 3.05) is 13.1 Å². The van der Waals surface area contributed by atoms with Crippen molar-refractivity contribution in [3.05, 3.63) is 24.0 Å². The molecule has 1 rings (SSSR count). The van der Waals surface area contributed by atoms with Gasteiger partial charge in [-0.3, -0.25) is 4.79 Å². The predicted molar refractivity (Wildman–Crippen MR) is 61.0 cm³/mol. The molecule has 0 saturated carbocycles. The third-order valence-electron chi connectivity index (χ3n) is 2.32. The third kappa shape index (κ3) is 4.21. The Morgan fingerprint density at radius 1 is 1.44 bits per heavy atom. The highest BCUT2D eigenvalue weighted by Crippen LogP contribution is 2.15. The lowest BCUT2D eigenvalue weighted by molar-refractivity contribution is -0.126. The number of likely N-dealkylation sites (tertiary alicyclic amines) is 1. The Kier molecular flexibility index (Phi) is 5.29. The summed E-state index contributed by atoms with van der Waals surface area (Å²) in [5, 5.41) is 0. The fourth-order valence-electron chi connectivity index (χ4n) is 1.52. The third-order valence-corrected chi connectivity index (χ3v) is 2.66. The molecule has 0 aromatic carbocycles. The van der Waals surface area contributed by atoms with Gasteiger partial charge in [-0.25, -0.2) is 4.57 Å². The van der Waals surface area contributed by atoms with E-state index in [1.807, 2.05) is 0 Å². The molecule has 16 heavy (non-hydrogen) atoms. The molecule has 1 fully saturated rings. The molecule has 0 aromatic heterocycles. The topological polar surface area (TPSA) is 66.8 Å². The van der Waals surface area contributed by atoms with E-state index in [0.29, 0.717) is 5.57 Å². The summed E-state index contributed by atoms with van der Waals surface area (Å²) in [5.74, 6) is 0.0128. The zero-order valence-corrected chi connectivity index (χ0v) is 10.2. The first-order valence-corrected chi connectivity index (χ1v) is 6.40. The minimum absolute atomic E-state index is 0.0128. The van der Waals surface area contributed by atoms with Crippen molar-refractivity contribution in [3.8, 4) is 0 Å². The van der Waals surface area contributed by atoms with Gasteiger partial charge in [-0.1, -0.05) is 6.08 Å². The first-order valence-electron chi connectivity index (χ1n) is 5.13. The summed E-state index contributed by atoms with van der Waals surface area (Å²) in [4.78, 5) is 21.9. The molecule has 1 aliphatic heterocycles. The van der Waals surface area contributed by atoms with Crippen molar-refractivity contribution in [2.45, 2.75) is 19.8 Å². The van der Waals surface area contributed by atoms with Crippen LogP contribution in [0.15, 0.2) is 24.0 Å². The Hall–Kier alpha value is -1.06. The molecule has 1 amide bonds. The zero-order chi connectivity index (χ0) is 12.0. The lowest BCUT2D eigenvalue weighted by Gasteiger charge is -2.14. The SMILES string of the molecule is C/C(=C/C=C/O[PH](=O)O)C(=O)N1CCCC1. The van der Waals surface area contributed by atoms with Gasteiger partial charge in [0.05, 0.1) is 6.26 Å².